The lowest BCUT2D eigenvalue weighted by Gasteiger charge is -2.24. The summed E-state index contributed by atoms with van der Waals surface area (Å²) < 4.78 is 35.0. The van der Waals surface area contributed by atoms with Crippen LogP contribution in [0.5, 0.6) is 11.5 Å². The molecule has 0 aromatic heterocycles. The van der Waals surface area contributed by atoms with Crippen molar-refractivity contribution in [2.75, 3.05) is 29.6 Å². The highest BCUT2D eigenvalue weighted by atomic mass is 32.2. The number of nitrogens with zero attached hydrogens (tertiary/aromatic N) is 2. The van der Waals surface area contributed by atoms with Crippen molar-refractivity contribution in [1.82, 2.24) is 0 Å². The third-order valence-electron chi connectivity index (χ3n) is 4.83. The Balaban J connectivity index is 1.55. The Hall–Kier alpha value is -2.89. The second-order valence-corrected chi connectivity index (χ2v) is 10.6. The van der Waals surface area contributed by atoms with Crippen LogP contribution in [0.4, 0.5) is 5.69 Å². The van der Waals surface area contributed by atoms with E-state index in [0.717, 1.165) is 0 Å². The fourth-order valence-electron chi connectivity index (χ4n) is 3.53. The highest BCUT2D eigenvalue weighted by molar-refractivity contribution is 8.16. The molecule has 2 fully saturated rings. The van der Waals surface area contributed by atoms with Crippen molar-refractivity contribution in [3.05, 3.63) is 54.6 Å². The number of fused-ring (bicyclic) bond motifs is 1. The molecule has 0 unspecified atom stereocenters. The lowest BCUT2D eigenvalue weighted by atomic mass is 10.2. The van der Waals surface area contributed by atoms with Crippen LogP contribution in [0.15, 0.2) is 59.6 Å². The molecule has 32 heavy (non-hydrogen) atoms. The molecule has 1 N–H and O–H groups in total. The van der Waals surface area contributed by atoms with Crippen molar-refractivity contribution < 1.29 is 32.6 Å². The summed E-state index contributed by atoms with van der Waals surface area (Å²) in [5.74, 6) is -0.537. The number of carbonyl (C=O) groups is 2. The minimum atomic E-state index is -3.19. The van der Waals surface area contributed by atoms with Crippen LogP contribution in [0.1, 0.15) is 0 Å². The summed E-state index contributed by atoms with van der Waals surface area (Å²) in [6.45, 7) is -1.07. The van der Waals surface area contributed by atoms with E-state index in [1.165, 1.54) is 11.8 Å². The number of sulfone groups is 1. The Bertz CT molecular complexity index is 1130. The molecule has 1 amide bonds. The fourth-order valence-corrected chi connectivity index (χ4v) is 7.46. The molecular weight excluding hydrogens is 456 g/mol. The average Bonchev–Trinajstić information content (AvgIpc) is 3.20. The summed E-state index contributed by atoms with van der Waals surface area (Å²) in [7, 11) is -3.19. The number of aliphatic imine (C=N–C) groups is 1. The standard InChI is InChI=1S/C21H20N2O7S2/c24-19(10-29-11-20(25)26)22-21-23(17-12-32(27,28)13-18(17)31-21)14-6-8-16(9-7-14)30-15-4-2-1-3-5-15/h1-9,17-18H,10-13H2,(H,25,26)/t17-,18+/m1/s1. The molecule has 0 saturated carbocycles. The van der Waals surface area contributed by atoms with Gasteiger partial charge in [-0.1, -0.05) is 30.0 Å². The van der Waals surface area contributed by atoms with Gasteiger partial charge in [0.2, 0.25) is 0 Å². The molecule has 0 spiro atoms. The van der Waals surface area contributed by atoms with Crippen LogP contribution in [0.3, 0.4) is 0 Å². The molecule has 2 aliphatic heterocycles. The number of thioether (sulfide) groups is 1. The van der Waals surface area contributed by atoms with E-state index in [4.69, 9.17) is 14.6 Å². The number of amides is 1. The Morgan fingerprint density at radius 3 is 2.41 bits per heavy atom. The van der Waals surface area contributed by atoms with E-state index in [1.807, 2.05) is 30.3 Å². The van der Waals surface area contributed by atoms with Gasteiger partial charge >= 0.3 is 5.97 Å². The number of aliphatic carboxylic acids is 1. The molecule has 168 valence electrons. The predicted molar refractivity (Wildman–Crippen MR) is 120 cm³/mol. The van der Waals surface area contributed by atoms with Gasteiger partial charge in [0.05, 0.1) is 17.5 Å². The molecule has 9 nitrogen and oxygen atoms in total. The highest BCUT2D eigenvalue weighted by Crippen LogP contribution is 2.41. The molecule has 11 heteroatoms. The third kappa shape index (κ3) is 5.29. The maximum Gasteiger partial charge on any atom is 0.329 e. The van der Waals surface area contributed by atoms with E-state index in [2.05, 4.69) is 4.99 Å². The van der Waals surface area contributed by atoms with Gasteiger partial charge in [0, 0.05) is 10.9 Å². The number of para-hydroxylation sites is 1. The first-order chi connectivity index (χ1) is 15.3. The quantitative estimate of drug-likeness (QED) is 0.640. The largest absolute Gasteiger partial charge is 0.480 e. The van der Waals surface area contributed by atoms with Crippen LogP contribution in [-0.4, -0.2) is 66.6 Å². The van der Waals surface area contributed by atoms with Gasteiger partial charge in [-0.15, -0.1) is 0 Å². The molecule has 4 rings (SSSR count). The van der Waals surface area contributed by atoms with E-state index < -0.39 is 34.9 Å². The zero-order valence-electron chi connectivity index (χ0n) is 16.8. The Kier molecular flexibility index (Phi) is 6.49. The van der Waals surface area contributed by atoms with E-state index in [9.17, 15) is 18.0 Å². The molecule has 0 aliphatic carbocycles. The number of hydrogen-bond acceptors (Lipinski definition) is 7. The van der Waals surface area contributed by atoms with Gasteiger partial charge in [-0.3, -0.25) is 4.79 Å². The summed E-state index contributed by atoms with van der Waals surface area (Å²) in [4.78, 5) is 28.6. The molecule has 2 aliphatic rings. The Labute approximate surface area is 189 Å². The lowest BCUT2D eigenvalue weighted by molar-refractivity contribution is -0.143. The minimum absolute atomic E-state index is 0.0107. The first kappa shape index (κ1) is 22.3. The van der Waals surface area contributed by atoms with Gasteiger partial charge in [0.15, 0.2) is 15.0 Å². The predicted octanol–water partition coefficient (Wildman–Crippen LogP) is 2.18. The smallest absolute Gasteiger partial charge is 0.329 e. The summed E-state index contributed by atoms with van der Waals surface area (Å²) in [5.41, 5.74) is 0.681. The molecule has 0 radical (unpaired) electrons. The number of ether oxygens (including phenoxy) is 2. The van der Waals surface area contributed by atoms with E-state index in [0.29, 0.717) is 22.4 Å². The second kappa shape index (κ2) is 9.31. The SMILES string of the molecule is O=C(O)COCC(=O)N=C1S[C@H]2CS(=O)(=O)C[C@H]2N1c1ccc(Oc2ccccc2)cc1. The molecule has 2 heterocycles. The number of amidine groups is 1. The molecule has 2 atom stereocenters. The van der Waals surface area contributed by atoms with Gasteiger partial charge in [-0.25, -0.2) is 13.2 Å². The molecule has 2 aromatic rings. The maximum atomic E-state index is 12.2. The maximum absolute atomic E-state index is 12.2. The number of benzene rings is 2. The van der Waals surface area contributed by atoms with Crippen LogP contribution < -0.4 is 9.64 Å². The number of carbonyl (C=O) groups excluding carboxylic acids is 1. The molecule has 2 aromatic carbocycles. The van der Waals surface area contributed by atoms with Gasteiger partial charge in [-0.05, 0) is 36.4 Å². The Morgan fingerprint density at radius 2 is 1.72 bits per heavy atom. The number of carboxylic acids is 1. The summed E-state index contributed by atoms with van der Waals surface area (Å²) >= 11 is 1.23. The fraction of sp³-hybridized carbons (Fsp3) is 0.286. The monoisotopic (exact) mass is 476 g/mol. The van der Waals surface area contributed by atoms with Crippen molar-refractivity contribution in [1.29, 1.82) is 0 Å². The highest BCUT2D eigenvalue weighted by Gasteiger charge is 2.49. The topological polar surface area (TPSA) is 123 Å². The van der Waals surface area contributed by atoms with E-state index in [-0.39, 0.29) is 22.8 Å². The zero-order chi connectivity index (χ0) is 22.7. The van der Waals surface area contributed by atoms with Crippen LogP contribution >= 0.6 is 11.8 Å². The molecular formula is C21H20N2O7S2. The zero-order valence-corrected chi connectivity index (χ0v) is 18.4. The number of rotatable bonds is 7. The van der Waals surface area contributed by atoms with Crippen molar-refractivity contribution in [3.63, 3.8) is 0 Å². The van der Waals surface area contributed by atoms with Crippen LogP contribution in [-0.2, 0) is 24.2 Å². The van der Waals surface area contributed by atoms with Crippen molar-refractivity contribution >= 4 is 44.3 Å². The number of carboxylic acid groups (broad SMARTS) is 1. The van der Waals surface area contributed by atoms with Gasteiger partial charge in [0.1, 0.15) is 24.7 Å². The second-order valence-electron chi connectivity index (χ2n) is 7.25. The van der Waals surface area contributed by atoms with Gasteiger partial charge in [-0.2, -0.15) is 4.99 Å². The normalized spacial score (nSPS) is 22.6. The van der Waals surface area contributed by atoms with Crippen molar-refractivity contribution in [3.8, 4) is 11.5 Å². The average molecular weight is 477 g/mol. The number of hydrogen-bond donors (Lipinski definition) is 1. The van der Waals surface area contributed by atoms with Crippen molar-refractivity contribution in [2.24, 2.45) is 4.99 Å². The van der Waals surface area contributed by atoms with Gasteiger partial charge in [0.25, 0.3) is 5.91 Å². The number of anilines is 1. The van der Waals surface area contributed by atoms with Crippen LogP contribution in [0, 0.1) is 0 Å². The molecule has 0 bridgehead atoms. The first-order valence-corrected chi connectivity index (χ1v) is 12.4. The van der Waals surface area contributed by atoms with Crippen LogP contribution in [0.2, 0.25) is 0 Å². The Morgan fingerprint density at radius 1 is 1.03 bits per heavy atom. The first-order valence-electron chi connectivity index (χ1n) is 9.71. The third-order valence-corrected chi connectivity index (χ3v) is 8.04. The summed E-state index contributed by atoms with van der Waals surface area (Å²) in [6.07, 6.45) is 0. The van der Waals surface area contributed by atoms with E-state index in [1.54, 1.807) is 29.2 Å². The van der Waals surface area contributed by atoms with Crippen LogP contribution in [0.25, 0.3) is 0 Å². The summed E-state index contributed by atoms with van der Waals surface area (Å²) in [6, 6.07) is 16.0. The van der Waals surface area contributed by atoms with Gasteiger partial charge < -0.3 is 19.5 Å². The lowest BCUT2D eigenvalue weighted by Crippen LogP contribution is -2.37. The van der Waals surface area contributed by atoms with E-state index >= 15 is 0 Å². The van der Waals surface area contributed by atoms with Crippen molar-refractivity contribution in [2.45, 2.75) is 11.3 Å². The molecule has 2 saturated heterocycles. The summed E-state index contributed by atoms with van der Waals surface area (Å²) in [5, 5.41) is 8.75. The minimum Gasteiger partial charge on any atom is -0.480 e.